The van der Waals surface area contributed by atoms with E-state index in [1.54, 1.807) is 18.2 Å². The van der Waals surface area contributed by atoms with Crippen LogP contribution in [0.25, 0.3) is 0 Å². The number of aliphatic carboxylic acids is 1. The highest BCUT2D eigenvalue weighted by molar-refractivity contribution is 6.00. The first-order valence-corrected chi connectivity index (χ1v) is 13.6. The van der Waals surface area contributed by atoms with Crippen LogP contribution in [0.3, 0.4) is 0 Å². The van der Waals surface area contributed by atoms with E-state index in [9.17, 15) is 32.7 Å². The van der Waals surface area contributed by atoms with E-state index in [4.69, 9.17) is 4.74 Å². The summed E-state index contributed by atoms with van der Waals surface area (Å²) >= 11 is 0. The van der Waals surface area contributed by atoms with Gasteiger partial charge in [-0.3, -0.25) is 14.4 Å². The minimum atomic E-state index is -4.96. The number of amides is 2. The molecule has 1 N–H and O–H groups in total. The van der Waals surface area contributed by atoms with E-state index in [1.165, 1.54) is 28.0 Å². The topological polar surface area (TPSA) is 96.4 Å². The van der Waals surface area contributed by atoms with Crippen molar-refractivity contribution in [2.24, 2.45) is 11.3 Å². The van der Waals surface area contributed by atoms with Crippen molar-refractivity contribution in [2.75, 3.05) is 24.5 Å². The number of halogens is 3. The minimum absolute atomic E-state index is 0.0197. The van der Waals surface area contributed by atoms with Crippen molar-refractivity contribution in [3.05, 3.63) is 59.2 Å². The maximum Gasteiger partial charge on any atom is 0.573 e. The smallest absolute Gasteiger partial charge is 0.481 e. The van der Waals surface area contributed by atoms with Crippen molar-refractivity contribution in [2.45, 2.75) is 65.5 Å². The molecule has 2 heterocycles. The van der Waals surface area contributed by atoms with E-state index in [1.807, 2.05) is 33.8 Å². The van der Waals surface area contributed by atoms with Crippen molar-refractivity contribution in [3.63, 3.8) is 0 Å². The molecule has 2 aromatic rings. The lowest BCUT2D eigenvalue weighted by atomic mass is 9.93. The van der Waals surface area contributed by atoms with Gasteiger partial charge in [0.25, 0.3) is 5.91 Å². The average molecular weight is 577 g/mol. The second-order valence-electron chi connectivity index (χ2n) is 11.9. The number of nitrogens with zero attached hydrogens (tertiary/aromatic N) is 2. The van der Waals surface area contributed by atoms with E-state index in [2.05, 4.69) is 4.74 Å². The third-order valence-corrected chi connectivity index (χ3v) is 7.14. The first-order valence-electron chi connectivity index (χ1n) is 13.6. The number of fused-ring (bicyclic) bond motifs is 1. The third-order valence-electron chi connectivity index (χ3n) is 7.14. The molecule has 2 aliphatic heterocycles. The quantitative estimate of drug-likeness (QED) is 0.490. The molecule has 0 radical (unpaired) electrons. The fourth-order valence-corrected chi connectivity index (χ4v) is 5.34. The molecule has 0 spiro atoms. The molecular formula is C30H35F3N2O6. The highest BCUT2D eigenvalue weighted by atomic mass is 19.4. The molecule has 2 amide bonds. The molecule has 2 aromatic carbocycles. The molecule has 1 saturated heterocycles. The Morgan fingerprint density at radius 1 is 1.10 bits per heavy atom. The number of ether oxygens (including phenoxy) is 2. The predicted molar refractivity (Wildman–Crippen MR) is 144 cm³/mol. The van der Waals surface area contributed by atoms with Gasteiger partial charge in [0.2, 0.25) is 5.91 Å². The maximum absolute atomic E-state index is 14.1. The molecule has 0 bridgehead atoms. The van der Waals surface area contributed by atoms with Gasteiger partial charge in [-0.1, -0.05) is 56.7 Å². The molecule has 2 aliphatic rings. The van der Waals surface area contributed by atoms with E-state index in [0.29, 0.717) is 30.6 Å². The molecule has 0 aromatic heterocycles. The van der Waals surface area contributed by atoms with Crippen LogP contribution >= 0.6 is 0 Å². The number of piperidine rings is 1. The summed E-state index contributed by atoms with van der Waals surface area (Å²) in [5.74, 6) is -3.12. The predicted octanol–water partition coefficient (Wildman–Crippen LogP) is 5.47. The Balaban J connectivity index is 1.79. The monoisotopic (exact) mass is 576 g/mol. The number of benzene rings is 2. The van der Waals surface area contributed by atoms with Gasteiger partial charge in [0.1, 0.15) is 18.0 Å². The molecule has 11 heteroatoms. The fourth-order valence-electron chi connectivity index (χ4n) is 5.34. The number of hydrogen-bond donors (Lipinski definition) is 1. The highest BCUT2D eigenvalue weighted by Crippen LogP contribution is 2.43. The number of likely N-dealkylation sites (tertiary alicyclic amines) is 1. The number of alkyl halides is 3. The van der Waals surface area contributed by atoms with Gasteiger partial charge in [-0.2, -0.15) is 0 Å². The second-order valence-corrected chi connectivity index (χ2v) is 11.9. The van der Waals surface area contributed by atoms with Gasteiger partial charge in [-0.15, -0.1) is 13.2 Å². The van der Waals surface area contributed by atoms with Crippen LogP contribution in [-0.2, 0) is 19.1 Å². The van der Waals surface area contributed by atoms with Gasteiger partial charge < -0.3 is 24.4 Å². The number of aryl methyl sites for hydroxylation is 1. The standard InChI is InChI=1S/C30H35F3N2O6/c1-18-11-12-22-21(14-18)26(20-9-5-6-10-23(20)41-30(31,32)33)40-24(27(37)35(22)17-29(2,3)4)15-25(36)34-13-7-8-19(16-34)28(38)39/h5-6,9-12,14,19,24,26H,7-8,13,15-17H2,1-4H3,(H,38,39)/t19?,24-,26-/m0/s1. The van der Waals surface area contributed by atoms with Gasteiger partial charge in [0.05, 0.1) is 12.3 Å². The molecule has 3 atom stereocenters. The zero-order valence-corrected chi connectivity index (χ0v) is 23.5. The van der Waals surface area contributed by atoms with Gasteiger partial charge in [-0.25, -0.2) is 0 Å². The average Bonchev–Trinajstić information content (AvgIpc) is 2.98. The molecule has 222 valence electrons. The highest BCUT2D eigenvalue weighted by Gasteiger charge is 2.42. The van der Waals surface area contributed by atoms with Crippen LogP contribution in [0, 0.1) is 18.3 Å². The summed E-state index contributed by atoms with van der Waals surface area (Å²) in [5.41, 5.74) is 1.44. The Hall–Kier alpha value is -3.60. The number of anilines is 1. The molecule has 41 heavy (non-hydrogen) atoms. The number of hydrogen-bond acceptors (Lipinski definition) is 5. The molecule has 0 aliphatic carbocycles. The van der Waals surface area contributed by atoms with E-state index in [0.717, 1.165) is 5.56 Å². The van der Waals surface area contributed by atoms with Gasteiger partial charge >= 0.3 is 12.3 Å². The summed E-state index contributed by atoms with van der Waals surface area (Å²) in [6, 6.07) is 10.9. The van der Waals surface area contributed by atoms with Crippen LogP contribution in [0.2, 0.25) is 0 Å². The number of carbonyl (C=O) groups is 3. The molecule has 1 fully saturated rings. The molecule has 1 unspecified atom stereocenters. The van der Waals surface area contributed by atoms with E-state index in [-0.39, 0.29) is 24.1 Å². The van der Waals surface area contributed by atoms with Crippen LogP contribution in [-0.4, -0.2) is 59.9 Å². The Labute approximate surface area is 237 Å². The van der Waals surface area contributed by atoms with Crippen LogP contribution in [0.4, 0.5) is 18.9 Å². The lowest BCUT2D eigenvalue weighted by molar-refractivity contribution is -0.275. The second kappa shape index (κ2) is 11.7. The summed E-state index contributed by atoms with van der Waals surface area (Å²) in [4.78, 5) is 42.0. The molecule has 0 saturated carbocycles. The zero-order valence-electron chi connectivity index (χ0n) is 23.5. The largest absolute Gasteiger partial charge is 0.573 e. The van der Waals surface area contributed by atoms with Crippen molar-refractivity contribution in [3.8, 4) is 5.75 Å². The number of carboxylic acid groups (broad SMARTS) is 1. The van der Waals surface area contributed by atoms with E-state index >= 15 is 0 Å². The Morgan fingerprint density at radius 3 is 2.46 bits per heavy atom. The summed E-state index contributed by atoms with van der Waals surface area (Å²) < 4.78 is 50.8. The summed E-state index contributed by atoms with van der Waals surface area (Å²) in [6.07, 6.45) is -6.90. The van der Waals surface area contributed by atoms with E-state index < -0.39 is 54.4 Å². The van der Waals surface area contributed by atoms with Gasteiger partial charge in [0, 0.05) is 36.4 Å². The molecule has 4 rings (SSSR count). The SMILES string of the molecule is Cc1ccc2c(c1)[C@H](c1ccccc1OC(F)(F)F)O[C@@H](CC(=O)N1CCCC(C(=O)O)C1)C(=O)N2CC(C)(C)C. The van der Waals surface area contributed by atoms with Crippen LogP contribution in [0.5, 0.6) is 5.75 Å². The van der Waals surface area contributed by atoms with Gasteiger partial charge in [-0.05, 0) is 37.3 Å². The van der Waals surface area contributed by atoms with Crippen LogP contribution < -0.4 is 9.64 Å². The van der Waals surface area contributed by atoms with Crippen molar-refractivity contribution >= 4 is 23.5 Å². The normalized spacial score (nSPS) is 21.7. The number of carbonyl (C=O) groups excluding carboxylic acids is 2. The van der Waals surface area contributed by atoms with Crippen molar-refractivity contribution in [1.82, 2.24) is 4.90 Å². The minimum Gasteiger partial charge on any atom is -0.481 e. The Bertz CT molecular complexity index is 1310. The molecule has 8 nitrogen and oxygen atoms in total. The summed E-state index contributed by atoms with van der Waals surface area (Å²) in [6.45, 7) is 8.30. The number of carboxylic acids is 1. The lowest BCUT2D eigenvalue weighted by Crippen LogP contribution is -2.47. The number of rotatable bonds is 6. The van der Waals surface area contributed by atoms with Gasteiger partial charge in [0.15, 0.2) is 0 Å². The zero-order chi connectivity index (χ0) is 30.1. The fraction of sp³-hybridized carbons (Fsp3) is 0.500. The first kappa shape index (κ1) is 30.4. The first-order chi connectivity index (χ1) is 19.1. The van der Waals surface area contributed by atoms with Crippen LogP contribution in [0.1, 0.15) is 62.8 Å². The lowest BCUT2D eigenvalue weighted by Gasteiger charge is -2.33. The summed E-state index contributed by atoms with van der Waals surface area (Å²) in [7, 11) is 0. The Morgan fingerprint density at radius 2 is 1.80 bits per heavy atom. The van der Waals surface area contributed by atoms with Crippen molar-refractivity contribution in [1.29, 1.82) is 0 Å². The summed E-state index contributed by atoms with van der Waals surface area (Å²) in [5, 5.41) is 9.46. The van der Waals surface area contributed by atoms with Crippen LogP contribution in [0.15, 0.2) is 42.5 Å². The third kappa shape index (κ3) is 7.38. The van der Waals surface area contributed by atoms with Crippen molar-refractivity contribution < 1.29 is 42.1 Å². The number of para-hydroxylation sites is 1. The molecular weight excluding hydrogens is 541 g/mol. The maximum atomic E-state index is 14.1. The Kier molecular flexibility index (Phi) is 8.67.